The predicted octanol–water partition coefficient (Wildman–Crippen LogP) is 2.94. The highest BCUT2D eigenvalue weighted by Gasteiger charge is 2.14. The van der Waals surface area contributed by atoms with Crippen molar-refractivity contribution in [2.24, 2.45) is 0 Å². The first kappa shape index (κ1) is 13.8. The van der Waals surface area contributed by atoms with Crippen molar-refractivity contribution in [3.8, 4) is 11.5 Å². The van der Waals surface area contributed by atoms with Gasteiger partial charge in [0.25, 0.3) is 0 Å². The minimum atomic E-state index is -0.822. The van der Waals surface area contributed by atoms with E-state index in [0.29, 0.717) is 22.8 Å². The number of rotatable bonds is 4. The van der Waals surface area contributed by atoms with Crippen LogP contribution in [0.15, 0.2) is 41.0 Å². The van der Waals surface area contributed by atoms with Crippen LogP contribution in [0.1, 0.15) is 17.4 Å². The minimum Gasteiger partial charge on any atom is -0.497 e. The fourth-order valence-electron chi connectivity index (χ4n) is 1.71. The fourth-order valence-corrected chi connectivity index (χ4v) is 1.94. The van der Waals surface area contributed by atoms with E-state index in [1.807, 2.05) is 6.07 Å². The SMILES string of the molecule is COc1cc(OC)cc(C(O)c2ccc(Br)cn2)c1. The van der Waals surface area contributed by atoms with Crippen LogP contribution in [0.2, 0.25) is 0 Å². The smallest absolute Gasteiger partial charge is 0.122 e. The molecule has 1 aromatic carbocycles. The minimum absolute atomic E-state index is 0.568. The number of benzene rings is 1. The Morgan fingerprint density at radius 2 is 1.74 bits per heavy atom. The molecule has 19 heavy (non-hydrogen) atoms. The Kier molecular flexibility index (Phi) is 4.39. The average molecular weight is 324 g/mol. The van der Waals surface area contributed by atoms with E-state index >= 15 is 0 Å². The molecular weight excluding hydrogens is 310 g/mol. The van der Waals surface area contributed by atoms with Gasteiger partial charge in [0.2, 0.25) is 0 Å². The van der Waals surface area contributed by atoms with Crippen molar-refractivity contribution >= 4 is 15.9 Å². The van der Waals surface area contributed by atoms with Crippen LogP contribution in [0.25, 0.3) is 0 Å². The summed E-state index contributed by atoms with van der Waals surface area (Å²) in [5.41, 5.74) is 1.24. The molecule has 0 amide bonds. The zero-order valence-corrected chi connectivity index (χ0v) is 12.2. The van der Waals surface area contributed by atoms with Crippen LogP contribution < -0.4 is 9.47 Å². The maximum absolute atomic E-state index is 10.3. The second-order valence-electron chi connectivity index (χ2n) is 3.95. The highest BCUT2D eigenvalue weighted by molar-refractivity contribution is 9.10. The Labute approximate surface area is 120 Å². The van der Waals surface area contributed by atoms with Gasteiger partial charge in [0.05, 0.1) is 19.9 Å². The molecular formula is C14H14BrNO3. The number of hydrogen-bond acceptors (Lipinski definition) is 4. The number of aliphatic hydroxyl groups is 1. The quantitative estimate of drug-likeness (QED) is 0.939. The van der Waals surface area contributed by atoms with Crippen LogP contribution in [0.5, 0.6) is 11.5 Å². The van der Waals surface area contributed by atoms with Crippen LogP contribution in [-0.2, 0) is 0 Å². The molecule has 1 unspecified atom stereocenters. The summed E-state index contributed by atoms with van der Waals surface area (Å²) in [6, 6.07) is 8.88. The molecule has 1 aromatic heterocycles. The van der Waals surface area contributed by atoms with Gasteiger partial charge >= 0.3 is 0 Å². The third-order valence-corrected chi connectivity index (χ3v) is 3.19. The van der Waals surface area contributed by atoms with Crippen LogP contribution >= 0.6 is 15.9 Å². The van der Waals surface area contributed by atoms with E-state index in [9.17, 15) is 5.11 Å². The van der Waals surface area contributed by atoms with Gasteiger partial charge in [-0.15, -0.1) is 0 Å². The van der Waals surface area contributed by atoms with Crippen molar-refractivity contribution in [3.63, 3.8) is 0 Å². The van der Waals surface area contributed by atoms with Gasteiger partial charge in [0.1, 0.15) is 17.6 Å². The monoisotopic (exact) mass is 323 g/mol. The summed E-state index contributed by atoms with van der Waals surface area (Å²) in [6.07, 6.45) is 0.827. The maximum Gasteiger partial charge on any atom is 0.122 e. The van der Waals surface area contributed by atoms with Crippen LogP contribution in [0.3, 0.4) is 0 Å². The third kappa shape index (κ3) is 3.24. The number of methoxy groups -OCH3 is 2. The molecule has 0 saturated heterocycles. The van der Waals surface area contributed by atoms with Gasteiger partial charge in [-0.1, -0.05) is 0 Å². The molecule has 1 heterocycles. The number of pyridine rings is 1. The van der Waals surface area contributed by atoms with Gasteiger partial charge in [-0.25, -0.2) is 0 Å². The highest BCUT2D eigenvalue weighted by atomic mass is 79.9. The Morgan fingerprint density at radius 1 is 1.11 bits per heavy atom. The molecule has 5 heteroatoms. The van der Waals surface area contributed by atoms with Gasteiger partial charge < -0.3 is 14.6 Å². The molecule has 2 aromatic rings. The van der Waals surface area contributed by atoms with Gasteiger partial charge in [-0.05, 0) is 45.8 Å². The fraction of sp³-hybridized carbons (Fsp3) is 0.214. The number of halogens is 1. The molecule has 0 bridgehead atoms. The first-order valence-corrected chi connectivity index (χ1v) is 6.46. The first-order chi connectivity index (χ1) is 9.13. The Hall–Kier alpha value is -1.59. The summed E-state index contributed by atoms with van der Waals surface area (Å²) in [6.45, 7) is 0. The number of aromatic nitrogens is 1. The van der Waals surface area contributed by atoms with E-state index in [0.717, 1.165) is 4.47 Å². The number of aliphatic hydroxyl groups excluding tert-OH is 1. The van der Waals surface area contributed by atoms with Gasteiger partial charge in [0.15, 0.2) is 0 Å². The molecule has 0 saturated carbocycles. The number of ether oxygens (including phenoxy) is 2. The zero-order valence-electron chi connectivity index (χ0n) is 10.6. The Morgan fingerprint density at radius 3 is 2.21 bits per heavy atom. The summed E-state index contributed by atoms with van der Waals surface area (Å²) in [5.74, 6) is 1.26. The molecule has 0 aliphatic rings. The predicted molar refractivity (Wildman–Crippen MR) is 75.5 cm³/mol. The molecule has 2 rings (SSSR count). The molecule has 4 nitrogen and oxygen atoms in total. The molecule has 0 spiro atoms. The van der Waals surface area contributed by atoms with Crippen molar-refractivity contribution in [1.82, 2.24) is 4.98 Å². The molecule has 1 N–H and O–H groups in total. The van der Waals surface area contributed by atoms with Gasteiger partial charge in [0, 0.05) is 16.7 Å². The van der Waals surface area contributed by atoms with Gasteiger partial charge in [-0.3, -0.25) is 4.98 Å². The summed E-state index contributed by atoms with van der Waals surface area (Å²) < 4.78 is 11.2. The Bertz CT molecular complexity index is 535. The molecule has 0 aliphatic carbocycles. The topological polar surface area (TPSA) is 51.6 Å². The van der Waals surface area contributed by atoms with Crippen LogP contribution in [0, 0.1) is 0 Å². The van der Waals surface area contributed by atoms with Gasteiger partial charge in [-0.2, -0.15) is 0 Å². The summed E-state index contributed by atoms with van der Waals surface area (Å²) in [7, 11) is 3.14. The van der Waals surface area contributed by atoms with Crippen LogP contribution in [-0.4, -0.2) is 24.3 Å². The maximum atomic E-state index is 10.3. The van der Waals surface area contributed by atoms with Crippen molar-refractivity contribution in [2.45, 2.75) is 6.10 Å². The lowest BCUT2D eigenvalue weighted by atomic mass is 10.1. The van der Waals surface area contributed by atoms with Crippen molar-refractivity contribution in [1.29, 1.82) is 0 Å². The van der Waals surface area contributed by atoms with E-state index in [2.05, 4.69) is 20.9 Å². The summed E-state index contributed by atoms with van der Waals surface area (Å²) >= 11 is 3.31. The second kappa shape index (κ2) is 6.04. The van der Waals surface area contributed by atoms with Crippen molar-refractivity contribution < 1.29 is 14.6 Å². The highest BCUT2D eigenvalue weighted by Crippen LogP contribution is 2.29. The van der Waals surface area contributed by atoms with Crippen molar-refractivity contribution in [3.05, 3.63) is 52.3 Å². The number of nitrogens with zero attached hydrogens (tertiary/aromatic N) is 1. The first-order valence-electron chi connectivity index (χ1n) is 5.66. The molecule has 0 aliphatic heterocycles. The summed E-state index contributed by atoms with van der Waals surface area (Å²) in [4.78, 5) is 4.19. The zero-order chi connectivity index (χ0) is 13.8. The second-order valence-corrected chi connectivity index (χ2v) is 4.87. The normalized spacial score (nSPS) is 12.0. The van der Waals surface area contributed by atoms with E-state index in [1.165, 1.54) is 0 Å². The molecule has 1 atom stereocenters. The largest absolute Gasteiger partial charge is 0.497 e. The Balaban J connectivity index is 2.37. The lowest BCUT2D eigenvalue weighted by Crippen LogP contribution is -2.03. The lowest BCUT2D eigenvalue weighted by molar-refractivity contribution is 0.214. The van der Waals surface area contributed by atoms with E-state index in [-0.39, 0.29) is 0 Å². The molecule has 0 radical (unpaired) electrons. The van der Waals surface area contributed by atoms with E-state index in [1.54, 1.807) is 44.7 Å². The van der Waals surface area contributed by atoms with Crippen LogP contribution in [0.4, 0.5) is 0 Å². The van der Waals surface area contributed by atoms with E-state index in [4.69, 9.17) is 9.47 Å². The van der Waals surface area contributed by atoms with E-state index < -0.39 is 6.10 Å². The lowest BCUT2D eigenvalue weighted by Gasteiger charge is -2.13. The number of hydrogen-bond donors (Lipinski definition) is 1. The molecule has 0 fully saturated rings. The third-order valence-electron chi connectivity index (χ3n) is 2.72. The average Bonchev–Trinajstić information content (AvgIpc) is 2.46. The van der Waals surface area contributed by atoms with Crippen molar-refractivity contribution in [2.75, 3.05) is 14.2 Å². The molecule has 100 valence electrons. The summed E-state index contributed by atoms with van der Waals surface area (Å²) in [5, 5.41) is 10.3. The standard InChI is InChI=1S/C14H14BrNO3/c1-18-11-5-9(6-12(7-11)19-2)14(17)13-4-3-10(15)8-16-13/h3-8,14,17H,1-2H3.